The van der Waals surface area contributed by atoms with Crippen LogP contribution in [-0.2, 0) is 35.7 Å². The molecule has 3 aliphatic rings. The summed E-state index contributed by atoms with van der Waals surface area (Å²) >= 11 is 0. The number of hydrogen-bond donors (Lipinski definition) is 3. The minimum absolute atomic E-state index is 0.153. The van der Waals surface area contributed by atoms with Gasteiger partial charge in [0, 0.05) is 18.0 Å². The number of benzene rings is 1. The molecule has 6 atom stereocenters. The van der Waals surface area contributed by atoms with Crippen molar-refractivity contribution in [2.24, 2.45) is 0 Å². The standard InChI is InChI=1S/C26H33NO10/c1-6-27(4)18-11-14-7-8-16(34-5)21-20(14)25(3)22(37-21)17(9-10-26(18,25)33)36-19(29)12-15(28)24(32)35-13(2)23(30)31/h7-9,13,15,18,22,28,33H,6,10-12H2,1-5H3,(H,30,31)/t13-,15-,18+,22-,25-,26+/m0/s1. The number of carboxylic acid groups (broad SMARTS) is 1. The van der Waals surface area contributed by atoms with Crippen molar-refractivity contribution < 1.29 is 48.7 Å². The summed E-state index contributed by atoms with van der Waals surface area (Å²) in [6.45, 7) is 5.75. The Labute approximate surface area is 214 Å². The van der Waals surface area contributed by atoms with Gasteiger partial charge in [0.15, 0.2) is 29.8 Å². The molecule has 11 heteroatoms. The first-order valence-electron chi connectivity index (χ1n) is 12.2. The Morgan fingerprint density at radius 3 is 2.62 bits per heavy atom. The van der Waals surface area contributed by atoms with Crippen molar-refractivity contribution in [2.75, 3.05) is 20.7 Å². The van der Waals surface area contributed by atoms with Crippen LogP contribution in [0.15, 0.2) is 24.0 Å². The molecule has 1 aliphatic heterocycles. The molecule has 0 bridgehead atoms. The molecule has 2 aliphatic carbocycles. The highest BCUT2D eigenvalue weighted by Gasteiger charge is 2.68. The third kappa shape index (κ3) is 4.14. The van der Waals surface area contributed by atoms with Crippen molar-refractivity contribution in [3.05, 3.63) is 35.1 Å². The van der Waals surface area contributed by atoms with Gasteiger partial charge in [-0.25, -0.2) is 9.59 Å². The number of carbonyl (C=O) groups excluding carboxylic acids is 2. The fourth-order valence-corrected chi connectivity index (χ4v) is 5.76. The van der Waals surface area contributed by atoms with Crippen molar-refractivity contribution >= 4 is 17.9 Å². The van der Waals surface area contributed by atoms with Gasteiger partial charge in [0.1, 0.15) is 5.76 Å². The largest absolute Gasteiger partial charge is 0.493 e. The molecule has 0 saturated carbocycles. The minimum atomic E-state index is -1.91. The Bertz CT molecular complexity index is 1150. The van der Waals surface area contributed by atoms with Crippen molar-refractivity contribution in [1.29, 1.82) is 0 Å². The van der Waals surface area contributed by atoms with Crippen LogP contribution in [0.5, 0.6) is 11.5 Å². The number of hydrogen-bond acceptors (Lipinski definition) is 10. The minimum Gasteiger partial charge on any atom is -0.493 e. The Hall–Kier alpha value is -3.15. The lowest BCUT2D eigenvalue weighted by atomic mass is 9.54. The van der Waals surface area contributed by atoms with E-state index in [-0.39, 0.29) is 18.2 Å². The molecule has 0 aromatic heterocycles. The predicted molar refractivity (Wildman–Crippen MR) is 128 cm³/mol. The second-order valence-electron chi connectivity index (χ2n) is 9.97. The average Bonchev–Trinajstić information content (AvgIpc) is 3.19. The third-order valence-corrected chi connectivity index (χ3v) is 7.98. The lowest BCUT2D eigenvalue weighted by Gasteiger charge is -2.56. The van der Waals surface area contributed by atoms with Gasteiger partial charge in [0.05, 0.1) is 24.5 Å². The van der Waals surface area contributed by atoms with E-state index in [0.717, 1.165) is 18.1 Å². The van der Waals surface area contributed by atoms with Crippen LogP contribution in [0.25, 0.3) is 0 Å². The lowest BCUT2D eigenvalue weighted by molar-refractivity contribution is -0.171. The molecule has 0 fully saturated rings. The normalized spacial score (nSPS) is 28.9. The fraction of sp³-hybridized carbons (Fsp3) is 0.577. The molecular formula is C26H33NO10. The molecular weight excluding hydrogens is 486 g/mol. The number of carbonyl (C=O) groups is 3. The molecule has 1 aromatic rings. The van der Waals surface area contributed by atoms with Crippen molar-refractivity contribution in [3.8, 4) is 11.5 Å². The van der Waals surface area contributed by atoms with Crippen LogP contribution in [0.4, 0.5) is 0 Å². The number of aliphatic hydroxyl groups excluding tert-OH is 1. The van der Waals surface area contributed by atoms with E-state index < -0.39 is 53.7 Å². The quantitative estimate of drug-likeness (QED) is 0.399. The Morgan fingerprint density at radius 1 is 1.30 bits per heavy atom. The van der Waals surface area contributed by atoms with E-state index >= 15 is 0 Å². The van der Waals surface area contributed by atoms with Crippen LogP contribution in [0.1, 0.15) is 44.7 Å². The summed E-state index contributed by atoms with van der Waals surface area (Å²) < 4.78 is 22.1. The van der Waals surface area contributed by atoms with Gasteiger partial charge in [0.2, 0.25) is 0 Å². The van der Waals surface area contributed by atoms with Crippen molar-refractivity contribution in [1.82, 2.24) is 4.90 Å². The van der Waals surface area contributed by atoms with E-state index in [4.69, 9.17) is 19.3 Å². The van der Waals surface area contributed by atoms with Crippen LogP contribution in [0, 0.1) is 0 Å². The summed E-state index contributed by atoms with van der Waals surface area (Å²) in [5.74, 6) is -2.43. The van der Waals surface area contributed by atoms with Gasteiger partial charge in [-0.2, -0.15) is 0 Å². The van der Waals surface area contributed by atoms with Gasteiger partial charge >= 0.3 is 17.9 Å². The first-order chi connectivity index (χ1) is 17.4. The number of aliphatic carboxylic acids is 1. The molecule has 0 radical (unpaired) electrons. The zero-order chi connectivity index (χ0) is 27.3. The molecule has 37 heavy (non-hydrogen) atoms. The summed E-state index contributed by atoms with van der Waals surface area (Å²) in [6, 6.07) is 3.55. The van der Waals surface area contributed by atoms with Gasteiger partial charge < -0.3 is 39.2 Å². The SMILES string of the molecule is CCN(C)[C@@H]1Cc2ccc(OC)c3c2[C@@]2(C)[C@@H](O3)C(OC(=O)C[C@H](O)C(=O)O[C@@H](C)C(=O)O)=CC[C@@]12O. The third-order valence-electron chi connectivity index (χ3n) is 7.98. The molecule has 11 nitrogen and oxygen atoms in total. The van der Waals surface area contributed by atoms with Gasteiger partial charge in [-0.3, -0.25) is 4.79 Å². The van der Waals surface area contributed by atoms with E-state index in [1.165, 1.54) is 7.11 Å². The fourth-order valence-electron chi connectivity index (χ4n) is 5.76. The van der Waals surface area contributed by atoms with E-state index in [9.17, 15) is 24.6 Å². The second-order valence-corrected chi connectivity index (χ2v) is 9.97. The number of ether oxygens (including phenoxy) is 4. The Kier molecular flexibility index (Phi) is 7.00. The van der Waals surface area contributed by atoms with Crippen LogP contribution in [-0.4, -0.2) is 88.8 Å². The van der Waals surface area contributed by atoms with Crippen LogP contribution >= 0.6 is 0 Å². The zero-order valence-electron chi connectivity index (χ0n) is 21.5. The maximum Gasteiger partial charge on any atom is 0.344 e. The number of carboxylic acids is 1. The highest BCUT2D eigenvalue weighted by Crippen LogP contribution is 2.62. The van der Waals surface area contributed by atoms with Gasteiger partial charge in [-0.1, -0.05) is 13.0 Å². The van der Waals surface area contributed by atoms with Crippen LogP contribution in [0.3, 0.4) is 0 Å². The van der Waals surface area contributed by atoms with Crippen LogP contribution < -0.4 is 9.47 Å². The average molecular weight is 520 g/mol. The predicted octanol–water partition coefficient (Wildman–Crippen LogP) is 0.920. The molecule has 202 valence electrons. The number of nitrogens with zero attached hydrogens (tertiary/aromatic N) is 1. The zero-order valence-corrected chi connectivity index (χ0v) is 21.5. The summed E-state index contributed by atoms with van der Waals surface area (Å²) in [6.07, 6.45) is -2.61. The summed E-state index contributed by atoms with van der Waals surface area (Å²) in [5, 5.41) is 31.2. The summed E-state index contributed by atoms with van der Waals surface area (Å²) in [7, 11) is 3.48. The van der Waals surface area contributed by atoms with Gasteiger partial charge in [-0.05, 0) is 51.6 Å². The summed E-state index contributed by atoms with van der Waals surface area (Å²) in [4.78, 5) is 37.6. The maximum atomic E-state index is 12.7. The summed E-state index contributed by atoms with van der Waals surface area (Å²) in [5.41, 5.74) is -0.418. The molecule has 1 aromatic carbocycles. The van der Waals surface area contributed by atoms with Crippen molar-refractivity contribution in [3.63, 3.8) is 0 Å². The molecule has 0 unspecified atom stereocenters. The monoisotopic (exact) mass is 519 g/mol. The van der Waals surface area contributed by atoms with Gasteiger partial charge in [0.25, 0.3) is 0 Å². The van der Waals surface area contributed by atoms with Gasteiger partial charge in [-0.15, -0.1) is 0 Å². The smallest absolute Gasteiger partial charge is 0.344 e. The highest BCUT2D eigenvalue weighted by atomic mass is 16.6. The van der Waals surface area contributed by atoms with E-state index in [0.29, 0.717) is 24.5 Å². The van der Waals surface area contributed by atoms with Crippen molar-refractivity contribution in [2.45, 2.75) is 75.4 Å². The Balaban J connectivity index is 1.63. The van der Waals surface area contributed by atoms with Crippen LogP contribution in [0.2, 0.25) is 0 Å². The highest BCUT2D eigenvalue weighted by molar-refractivity contribution is 5.84. The Morgan fingerprint density at radius 2 is 2.00 bits per heavy atom. The van der Waals surface area contributed by atoms with E-state index in [2.05, 4.69) is 9.64 Å². The number of esters is 2. The molecule has 0 amide bonds. The lowest BCUT2D eigenvalue weighted by Crippen LogP contribution is -2.69. The number of likely N-dealkylation sites (N-methyl/N-ethyl adjacent to an activating group) is 1. The molecule has 0 spiro atoms. The topological polar surface area (TPSA) is 152 Å². The number of methoxy groups -OCH3 is 1. The second kappa shape index (κ2) is 9.62. The molecule has 4 rings (SSSR count). The first kappa shape index (κ1) is 26.9. The van der Waals surface area contributed by atoms with E-state index in [1.807, 2.05) is 33.0 Å². The molecule has 3 N–H and O–H groups in total. The first-order valence-corrected chi connectivity index (χ1v) is 12.2. The number of aliphatic hydroxyl groups is 2. The maximum absolute atomic E-state index is 12.7. The van der Waals surface area contributed by atoms with E-state index in [1.54, 1.807) is 6.08 Å². The molecule has 0 saturated heterocycles. The number of rotatable bonds is 9. The molecule has 1 heterocycles.